The van der Waals surface area contributed by atoms with E-state index in [0.29, 0.717) is 10.6 Å². The minimum Gasteiger partial charge on any atom is -0.373 e. The van der Waals surface area contributed by atoms with Crippen molar-refractivity contribution in [2.45, 2.75) is 0 Å². The molecule has 1 heterocycles. The maximum Gasteiger partial charge on any atom is 0.161 e. The molecule has 28 valence electrons. The summed E-state index contributed by atoms with van der Waals surface area (Å²) in [5, 5.41) is 1.17. The zero-order valence-corrected chi connectivity index (χ0v) is 2.55. The fourth-order valence-corrected chi connectivity index (χ4v) is 0.167. The SMILES string of the molecule is [2H]N1C=CN([2H])C1([2H])[2H]. The Labute approximate surface area is 36.6 Å². The Bertz CT molecular complexity index is 131. The molecule has 1 aliphatic rings. The summed E-state index contributed by atoms with van der Waals surface area (Å²) in [6.45, 7) is -2.00. The van der Waals surface area contributed by atoms with E-state index in [2.05, 4.69) is 0 Å². The standard InChI is InChI=1S/C3H6N2/c1-2-5-3-4-1/h1-2,4-5H,3H2/i3D2/hD2. The highest BCUT2D eigenvalue weighted by molar-refractivity contribution is 4.82. The van der Waals surface area contributed by atoms with Gasteiger partial charge in [-0.25, -0.2) is 0 Å². The molecule has 5 heavy (non-hydrogen) atoms. The number of hydrogen-bond donors (Lipinski definition) is 2. The maximum atomic E-state index is 6.98. The largest absolute Gasteiger partial charge is 0.373 e. The molecule has 0 radical (unpaired) electrons. The van der Waals surface area contributed by atoms with Crippen molar-refractivity contribution in [2.75, 3.05) is 6.62 Å². The maximum absolute atomic E-state index is 6.98. The second-order valence-electron chi connectivity index (χ2n) is 0.656. The van der Waals surface area contributed by atoms with Crippen LogP contribution >= 0.6 is 0 Å². The quantitative estimate of drug-likeness (QED) is 0.409. The minimum atomic E-state index is -2.00. The van der Waals surface area contributed by atoms with Gasteiger partial charge in [0, 0.05) is 12.4 Å². The normalized spacial score (nSPS) is 43.2. The van der Waals surface area contributed by atoms with Crippen LogP contribution in [0.2, 0.25) is 2.82 Å². The summed E-state index contributed by atoms with van der Waals surface area (Å²) in [5.41, 5.74) is 0. The summed E-state index contributed by atoms with van der Waals surface area (Å²) in [6.07, 6.45) is 2.38. The molecular weight excluding hydrogens is 64.0 g/mol. The van der Waals surface area contributed by atoms with Gasteiger partial charge in [-0.1, -0.05) is 0 Å². The van der Waals surface area contributed by atoms with Crippen LogP contribution in [-0.2, 0) is 0 Å². The Hall–Kier alpha value is -0.660. The summed E-state index contributed by atoms with van der Waals surface area (Å²) in [6, 6.07) is 0. The summed E-state index contributed by atoms with van der Waals surface area (Å²) < 4.78 is 27.7. The topological polar surface area (TPSA) is 24.1 Å². The molecule has 0 aromatic carbocycles. The van der Waals surface area contributed by atoms with Crippen molar-refractivity contribution in [1.29, 1.82) is 0 Å². The van der Waals surface area contributed by atoms with E-state index in [9.17, 15) is 0 Å². The Morgan fingerprint density at radius 3 is 2.60 bits per heavy atom. The van der Waals surface area contributed by atoms with Crippen LogP contribution in [0.1, 0.15) is 2.74 Å². The second-order valence-corrected chi connectivity index (χ2v) is 0.656. The van der Waals surface area contributed by atoms with E-state index in [1.165, 1.54) is 12.4 Å². The van der Waals surface area contributed by atoms with E-state index in [0.717, 1.165) is 0 Å². The van der Waals surface area contributed by atoms with Gasteiger partial charge in [0.1, 0.15) is 0 Å². The van der Waals surface area contributed by atoms with Crippen molar-refractivity contribution in [3.63, 3.8) is 0 Å². The van der Waals surface area contributed by atoms with Crippen molar-refractivity contribution in [1.82, 2.24) is 10.6 Å². The van der Waals surface area contributed by atoms with Gasteiger partial charge in [0.15, 0.2) is 2.82 Å². The van der Waals surface area contributed by atoms with Crippen molar-refractivity contribution in [3.8, 4) is 0 Å². The third-order valence-electron chi connectivity index (χ3n) is 0.331. The van der Waals surface area contributed by atoms with Crippen LogP contribution in [0.25, 0.3) is 0 Å². The van der Waals surface area contributed by atoms with Gasteiger partial charge in [0.25, 0.3) is 0 Å². The lowest BCUT2D eigenvalue weighted by atomic mass is 11.0. The number of rotatable bonds is 0. The molecule has 2 nitrogen and oxygen atoms in total. The molecule has 0 bridgehead atoms. The molecule has 0 saturated carbocycles. The fraction of sp³-hybridized carbons (Fsp3) is 0.333. The monoisotopic (exact) mass is 74.1 g/mol. The predicted molar refractivity (Wildman–Crippen MR) is 20.3 cm³/mol. The third kappa shape index (κ3) is 0.318. The third-order valence-corrected chi connectivity index (χ3v) is 0.331. The van der Waals surface area contributed by atoms with Crippen LogP contribution < -0.4 is 10.6 Å². The van der Waals surface area contributed by atoms with Crippen LogP contribution in [-0.4, -0.2) is 6.62 Å². The molecule has 0 aromatic heterocycles. The molecule has 0 aliphatic carbocycles. The summed E-state index contributed by atoms with van der Waals surface area (Å²) >= 11 is 0. The Kier molecular flexibility index (Phi) is 0.135. The van der Waals surface area contributed by atoms with E-state index in [1.54, 1.807) is 0 Å². The molecule has 2 N–H and O–H groups in total. The molecule has 2 heteroatoms. The lowest BCUT2D eigenvalue weighted by molar-refractivity contribution is 0.836. The van der Waals surface area contributed by atoms with Gasteiger partial charge in [0.05, 0.1) is 9.36 Å². The van der Waals surface area contributed by atoms with E-state index in [-0.39, 0.29) is 0 Å². The van der Waals surface area contributed by atoms with Crippen LogP contribution in [0.5, 0.6) is 0 Å². The fourth-order valence-electron chi connectivity index (χ4n) is 0.167. The molecule has 0 unspecified atom stereocenters. The van der Waals surface area contributed by atoms with Crippen LogP contribution in [0.3, 0.4) is 0 Å². The van der Waals surface area contributed by atoms with Gasteiger partial charge in [-0.15, -0.1) is 0 Å². The first-order valence-electron chi connectivity index (χ1n) is 3.19. The van der Waals surface area contributed by atoms with Crippen molar-refractivity contribution in [3.05, 3.63) is 12.4 Å². The van der Waals surface area contributed by atoms with Gasteiger partial charge in [0.2, 0.25) is 0 Å². The van der Waals surface area contributed by atoms with E-state index in [4.69, 9.17) is 5.57 Å². The highest BCUT2D eigenvalue weighted by atomic mass is 15.1. The molecular formula is C3H6N2. The predicted octanol–water partition coefficient (Wildman–Crippen LogP) is -0.392. The van der Waals surface area contributed by atoms with Gasteiger partial charge >= 0.3 is 0 Å². The zero-order chi connectivity index (χ0) is 7.07. The Balaban J connectivity index is 2.76. The van der Waals surface area contributed by atoms with E-state index < -0.39 is 6.62 Å². The Morgan fingerprint density at radius 1 is 1.80 bits per heavy atom. The number of nitrogens with one attached hydrogen (secondary N) is 2. The molecule has 1 aliphatic heterocycles. The average Bonchev–Trinajstić information content (AvgIpc) is 1.96. The van der Waals surface area contributed by atoms with Gasteiger partial charge in [-0.2, -0.15) is 0 Å². The van der Waals surface area contributed by atoms with Crippen LogP contribution in [0.15, 0.2) is 12.4 Å². The summed E-state index contributed by atoms with van der Waals surface area (Å²) in [4.78, 5) is 0. The lowest BCUT2D eigenvalue weighted by Crippen LogP contribution is -2.10. The first-order valence-corrected chi connectivity index (χ1v) is 1.30. The molecule has 0 aromatic rings. The zero-order valence-electron chi connectivity index (χ0n) is 6.55. The van der Waals surface area contributed by atoms with Crippen molar-refractivity contribution in [2.24, 2.45) is 0 Å². The summed E-state index contributed by atoms with van der Waals surface area (Å²) in [5.74, 6) is 0. The highest BCUT2D eigenvalue weighted by Gasteiger charge is 1.77. The molecule has 1 rings (SSSR count). The minimum absolute atomic E-state index is 0.583. The average molecular weight is 74.1 g/mol. The van der Waals surface area contributed by atoms with Crippen LogP contribution in [0, 0.1) is 0 Å². The highest BCUT2D eigenvalue weighted by Crippen LogP contribution is 1.65. The lowest BCUT2D eigenvalue weighted by Gasteiger charge is -1.82. The van der Waals surface area contributed by atoms with Gasteiger partial charge in [-0.3, -0.25) is 0 Å². The smallest absolute Gasteiger partial charge is 0.161 e. The van der Waals surface area contributed by atoms with Crippen molar-refractivity contribution >= 4 is 0 Å². The van der Waals surface area contributed by atoms with Gasteiger partial charge < -0.3 is 10.6 Å². The molecule has 0 saturated heterocycles. The molecule has 0 spiro atoms. The first kappa shape index (κ1) is 0.696. The Morgan fingerprint density at radius 2 is 2.40 bits per heavy atom. The molecule has 0 atom stereocenters. The van der Waals surface area contributed by atoms with E-state index >= 15 is 0 Å². The second kappa shape index (κ2) is 0.971. The van der Waals surface area contributed by atoms with Crippen LogP contribution in [0.4, 0.5) is 0 Å². The van der Waals surface area contributed by atoms with Crippen molar-refractivity contribution < 1.29 is 5.57 Å². The number of hydrogen-bond acceptors (Lipinski definition) is 2. The van der Waals surface area contributed by atoms with Gasteiger partial charge in [-0.05, 0) is 0 Å². The molecule has 0 amide bonds. The first-order chi connectivity index (χ1) is 4.05. The molecule has 0 fully saturated rings. The van der Waals surface area contributed by atoms with E-state index in [1.807, 2.05) is 0 Å². The summed E-state index contributed by atoms with van der Waals surface area (Å²) in [7, 11) is 0.